The van der Waals surface area contributed by atoms with Crippen LogP contribution in [0.4, 0.5) is 0 Å². The number of oxazole rings is 1. The molecular weight excluding hydrogens is 352 g/mol. The number of hydrogen-bond donors (Lipinski definition) is 1. The van der Waals surface area contributed by atoms with Gasteiger partial charge in [0.05, 0.1) is 18.3 Å². The average Bonchev–Trinajstić information content (AvgIpc) is 3.38. The zero-order chi connectivity index (χ0) is 17.9. The van der Waals surface area contributed by atoms with Crippen LogP contribution in [0.1, 0.15) is 24.3 Å². The fourth-order valence-corrected chi connectivity index (χ4v) is 3.92. The first-order chi connectivity index (χ1) is 12.7. The molecule has 1 N–H and O–H groups in total. The molecule has 1 atom stereocenters. The maximum absolute atomic E-state index is 12.0. The molecule has 7 nitrogen and oxygen atoms in total. The van der Waals surface area contributed by atoms with Crippen molar-refractivity contribution >= 4 is 11.8 Å². The van der Waals surface area contributed by atoms with Gasteiger partial charge in [-0.3, -0.25) is 4.57 Å². The molecule has 8 heteroatoms. The minimum Gasteiger partial charge on any atom is -0.441 e. The lowest BCUT2D eigenvalue weighted by molar-refractivity contribution is 0.0941. The molecule has 0 spiro atoms. The molecule has 0 bridgehead atoms. The minimum absolute atomic E-state index is 0.0862. The number of ether oxygens (including phenoxy) is 1. The van der Waals surface area contributed by atoms with Crippen LogP contribution in [0.3, 0.4) is 0 Å². The van der Waals surface area contributed by atoms with Gasteiger partial charge in [-0.15, -0.1) is 5.10 Å². The quantitative estimate of drug-likeness (QED) is 0.670. The molecular formula is C18H20N4O3S. The molecule has 1 unspecified atom stereocenters. The minimum atomic E-state index is -0.204. The Kier molecular flexibility index (Phi) is 4.94. The predicted molar refractivity (Wildman–Crippen MR) is 98.1 cm³/mol. The van der Waals surface area contributed by atoms with Gasteiger partial charge in [-0.2, -0.15) is 0 Å². The Labute approximate surface area is 154 Å². The standard InChI is InChI=1S/C18H20N4O3S/c1-12-15(19-16(25-12)13-6-3-2-4-7-13)11-26-18-21-20-17(23)22(18)10-14-8-5-9-24-14/h2-4,6-7,14H,5,8-11H2,1H3,(H,20,23). The third-order valence-electron chi connectivity index (χ3n) is 4.38. The maximum Gasteiger partial charge on any atom is 0.344 e. The van der Waals surface area contributed by atoms with E-state index in [1.807, 2.05) is 37.3 Å². The van der Waals surface area contributed by atoms with Gasteiger partial charge in [-0.1, -0.05) is 30.0 Å². The molecule has 1 aliphatic rings. The normalized spacial score (nSPS) is 17.0. The van der Waals surface area contributed by atoms with Gasteiger partial charge >= 0.3 is 5.69 Å². The lowest BCUT2D eigenvalue weighted by Gasteiger charge is -2.10. The Morgan fingerprint density at radius 3 is 2.96 bits per heavy atom. The SMILES string of the molecule is Cc1oc(-c2ccccc2)nc1CSc1n[nH]c(=O)n1CC1CCCO1. The number of rotatable bonds is 6. The molecule has 0 saturated carbocycles. The molecule has 1 fully saturated rings. The summed E-state index contributed by atoms with van der Waals surface area (Å²) < 4.78 is 13.1. The zero-order valence-corrected chi connectivity index (χ0v) is 15.3. The van der Waals surface area contributed by atoms with Crippen LogP contribution in [0.25, 0.3) is 11.5 Å². The Bertz CT molecular complexity index is 926. The van der Waals surface area contributed by atoms with Crippen molar-refractivity contribution in [2.75, 3.05) is 6.61 Å². The molecule has 4 rings (SSSR count). The zero-order valence-electron chi connectivity index (χ0n) is 14.5. The smallest absolute Gasteiger partial charge is 0.344 e. The lowest BCUT2D eigenvalue weighted by Crippen LogP contribution is -2.24. The number of nitrogens with zero attached hydrogens (tertiary/aromatic N) is 3. The number of thioether (sulfide) groups is 1. The number of aromatic amines is 1. The van der Waals surface area contributed by atoms with Gasteiger partial charge in [0.25, 0.3) is 0 Å². The topological polar surface area (TPSA) is 85.9 Å². The first-order valence-corrected chi connectivity index (χ1v) is 9.60. The maximum atomic E-state index is 12.0. The summed E-state index contributed by atoms with van der Waals surface area (Å²) in [5, 5.41) is 7.32. The Morgan fingerprint density at radius 2 is 2.19 bits per heavy atom. The van der Waals surface area contributed by atoms with Crippen LogP contribution in [0.5, 0.6) is 0 Å². The van der Waals surface area contributed by atoms with Crippen molar-refractivity contribution in [3.05, 3.63) is 52.3 Å². The van der Waals surface area contributed by atoms with Gasteiger partial charge in [0.1, 0.15) is 5.76 Å². The highest BCUT2D eigenvalue weighted by molar-refractivity contribution is 7.98. The predicted octanol–water partition coefficient (Wildman–Crippen LogP) is 3.01. The van der Waals surface area contributed by atoms with Gasteiger partial charge in [0.15, 0.2) is 5.16 Å². The molecule has 1 aliphatic heterocycles. The van der Waals surface area contributed by atoms with Crippen LogP contribution in [0.15, 0.2) is 44.7 Å². The first kappa shape index (κ1) is 17.1. The molecule has 3 heterocycles. The van der Waals surface area contributed by atoms with E-state index in [2.05, 4.69) is 15.2 Å². The lowest BCUT2D eigenvalue weighted by atomic mass is 10.2. The van der Waals surface area contributed by atoms with E-state index in [0.717, 1.165) is 36.5 Å². The molecule has 26 heavy (non-hydrogen) atoms. The fourth-order valence-electron chi connectivity index (χ4n) is 2.97. The summed E-state index contributed by atoms with van der Waals surface area (Å²) in [6, 6.07) is 9.80. The van der Waals surface area contributed by atoms with Gasteiger partial charge in [-0.05, 0) is 31.9 Å². The van der Waals surface area contributed by atoms with Crippen molar-refractivity contribution in [2.24, 2.45) is 0 Å². The second kappa shape index (κ2) is 7.51. The van der Waals surface area contributed by atoms with Crippen LogP contribution >= 0.6 is 11.8 Å². The highest BCUT2D eigenvalue weighted by Gasteiger charge is 2.20. The molecule has 0 radical (unpaired) electrons. The van der Waals surface area contributed by atoms with Gasteiger partial charge in [-0.25, -0.2) is 14.9 Å². The van der Waals surface area contributed by atoms with E-state index in [1.165, 1.54) is 11.8 Å². The number of nitrogens with one attached hydrogen (secondary N) is 1. The summed E-state index contributed by atoms with van der Waals surface area (Å²) in [5.41, 5.74) is 1.60. The second-order valence-corrected chi connectivity index (χ2v) is 7.18. The Balaban J connectivity index is 1.48. The molecule has 0 amide bonds. The monoisotopic (exact) mass is 372 g/mol. The summed E-state index contributed by atoms with van der Waals surface area (Å²) in [7, 11) is 0. The molecule has 136 valence electrons. The third-order valence-corrected chi connectivity index (χ3v) is 5.37. The van der Waals surface area contributed by atoms with E-state index in [4.69, 9.17) is 9.15 Å². The second-order valence-electron chi connectivity index (χ2n) is 6.23. The molecule has 1 aromatic carbocycles. The van der Waals surface area contributed by atoms with Crippen LogP contribution in [-0.4, -0.2) is 32.5 Å². The summed E-state index contributed by atoms with van der Waals surface area (Å²) in [5.74, 6) is 1.97. The Morgan fingerprint density at radius 1 is 1.35 bits per heavy atom. The van der Waals surface area contributed by atoms with Crippen molar-refractivity contribution in [3.63, 3.8) is 0 Å². The molecule has 3 aromatic rings. The van der Waals surface area contributed by atoms with E-state index in [9.17, 15) is 4.79 Å². The number of aromatic nitrogens is 4. The first-order valence-electron chi connectivity index (χ1n) is 8.62. The van der Waals surface area contributed by atoms with E-state index in [0.29, 0.717) is 23.3 Å². The van der Waals surface area contributed by atoms with E-state index in [-0.39, 0.29) is 11.8 Å². The number of H-pyrrole nitrogens is 1. The highest BCUT2D eigenvalue weighted by Crippen LogP contribution is 2.26. The summed E-state index contributed by atoms with van der Waals surface area (Å²) >= 11 is 1.47. The molecule has 0 aliphatic carbocycles. The van der Waals surface area contributed by atoms with E-state index >= 15 is 0 Å². The Hall–Kier alpha value is -2.32. The summed E-state index contributed by atoms with van der Waals surface area (Å²) in [6.07, 6.45) is 2.10. The number of hydrogen-bond acceptors (Lipinski definition) is 6. The average molecular weight is 372 g/mol. The number of benzene rings is 1. The third kappa shape index (κ3) is 3.61. The van der Waals surface area contributed by atoms with Crippen LogP contribution < -0.4 is 5.69 Å². The van der Waals surface area contributed by atoms with Crippen LogP contribution in [-0.2, 0) is 17.0 Å². The van der Waals surface area contributed by atoms with E-state index in [1.54, 1.807) is 4.57 Å². The van der Waals surface area contributed by atoms with Crippen LogP contribution in [0, 0.1) is 6.92 Å². The van der Waals surface area contributed by atoms with Crippen molar-refractivity contribution in [3.8, 4) is 11.5 Å². The van der Waals surface area contributed by atoms with Crippen LogP contribution in [0.2, 0.25) is 0 Å². The highest BCUT2D eigenvalue weighted by atomic mass is 32.2. The largest absolute Gasteiger partial charge is 0.441 e. The van der Waals surface area contributed by atoms with Gasteiger partial charge < -0.3 is 9.15 Å². The van der Waals surface area contributed by atoms with Gasteiger partial charge in [0, 0.05) is 17.9 Å². The summed E-state index contributed by atoms with van der Waals surface area (Å²) in [6.45, 7) is 3.20. The summed E-state index contributed by atoms with van der Waals surface area (Å²) in [4.78, 5) is 16.6. The van der Waals surface area contributed by atoms with Crippen molar-refractivity contribution in [2.45, 2.75) is 43.3 Å². The van der Waals surface area contributed by atoms with Gasteiger partial charge in [0.2, 0.25) is 5.89 Å². The van der Waals surface area contributed by atoms with Crippen molar-refractivity contribution in [1.29, 1.82) is 0 Å². The fraction of sp³-hybridized carbons (Fsp3) is 0.389. The molecule has 2 aromatic heterocycles. The van der Waals surface area contributed by atoms with E-state index < -0.39 is 0 Å². The molecule has 1 saturated heterocycles. The van der Waals surface area contributed by atoms with Crippen molar-refractivity contribution < 1.29 is 9.15 Å². The van der Waals surface area contributed by atoms with Crippen molar-refractivity contribution in [1.82, 2.24) is 19.7 Å². The number of aryl methyl sites for hydroxylation is 1.